The molecule has 8 aliphatic rings. The van der Waals surface area contributed by atoms with Crippen LogP contribution < -0.4 is 0 Å². The standard InChI is InChI=1S/C48H78O18/c1-21-29(52)31(54)35(58)40(61-21)65-37-32(55)30(53)24(19-49)62-41(37)66-38-34(57)33(56)36(39(59)60)64-42(38)63-28-12-13-46(6)25(43(28,2)3)11-14-48(8)26(46)10-9-22-23-17-44(4,20-50)18-27(51)45(23,5)15-16-47(22,48)7/h9,21,23-38,40-42,49-58H,10-20H2,1-8H3,(H,59,60)/t21-,23-,24+,25?,26?,27+,28-,29-,30-,31+,32-,33-,34-,35+,36-,37+,38+,40-,41-,42+,44+,45+,46-,47+,48+/m0/s1. The summed E-state index contributed by atoms with van der Waals surface area (Å²) in [6.07, 6.45) is -17.1. The first-order valence-corrected chi connectivity index (χ1v) is 24.3. The first-order valence-electron chi connectivity index (χ1n) is 24.3. The molecule has 66 heavy (non-hydrogen) atoms. The van der Waals surface area contributed by atoms with Gasteiger partial charge in [0.05, 0.1) is 24.9 Å². The maximum atomic E-state index is 12.5. The van der Waals surface area contributed by atoms with Crippen molar-refractivity contribution in [1.29, 1.82) is 0 Å². The van der Waals surface area contributed by atoms with Gasteiger partial charge in [0.15, 0.2) is 25.0 Å². The van der Waals surface area contributed by atoms with Gasteiger partial charge in [0.1, 0.15) is 61.0 Å². The first-order chi connectivity index (χ1) is 30.7. The van der Waals surface area contributed by atoms with Crippen LogP contribution in [0.4, 0.5) is 0 Å². The van der Waals surface area contributed by atoms with Crippen molar-refractivity contribution in [2.75, 3.05) is 13.2 Å². The fourth-order valence-corrected chi connectivity index (χ4v) is 15.1. The monoisotopic (exact) mass is 943 g/mol. The Morgan fingerprint density at radius 2 is 1.30 bits per heavy atom. The van der Waals surface area contributed by atoms with Crippen LogP contribution in [0, 0.1) is 50.2 Å². The molecule has 0 aromatic rings. The molecule has 11 N–H and O–H groups in total. The summed E-state index contributed by atoms with van der Waals surface area (Å²) in [5.41, 5.74) is -0.0694. The van der Waals surface area contributed by atoms with E-state index >= 15 is 0 Å². The highest BCUT2D eigenvalue weighted by Crippen LogP contribution is 2.76. The van der Waals surface area contributed by atoms with Gasteiger partial charge < -0.3 is 84.6 Å². The zero-order valence-corrected chi connectivity index (χ0v) is 39.7. The van der Waals surface area contributed by atoms with Crippen molar-refractivity contribution in [1.82, 2.24) is 0 Å². The van der Waals surface area contributed by atoms with Crippen LogP contribution in [0.1, 0.15) is 113 Å². The molecule has 8 rings (SSSR count). The Hall–Kier alpha value is -1.43. The fraction of sp³-hybridized carbons (Fsp3) is 0.938. The Morgan fingerprint density at radius 3 is 1.94 bits per heavy atom. The number of aliphatic hydroxyl groups is 10. The van der Waals surface area contributed by atoms with E-state index in [2.05, 4.69) is 54.5 Å². The number of carboxylic acid groups (broad SMARTS) is 1. The molecular weight excluding hydrogens is 865 g/mol. The molecule has 0 aromatic heterocycles. The van der Waals surface area contributed by atoms with Crippen LogP contribution in [0.3, 0.4) is 0 Å². The molecule has 18 nitrogen and oxygen atoms in total. The maximum Gasteiger partial charge on any atom is 0.335 e. The van der Waals surface area contributed by atoms with Crippen LogP contribution in [0.25, 0.3) is 0 Å². The van der Waals surface area contributed by atoms with E-state index in [4.69, 9.17) is 28.4 Å². The van der Waals surface area contributed by atoms with E-state index < -0.39 is 122 Å². The van der Waals surface area contributed by atoms with Gasteiger partial charge in [0, 0.05) is 12.0 Å². The maximum absolute atomic E-state index is 12.5. The molecule has 18 heteroatoms. The third kappa shape index (κ3) is 7.78. The molecule has 378 valence electrons. The topological polar surface area (TPSA) is 295 Å². The number of rotatable bonds is 9. The molecule has 3 heterocycles. The normalized spacial score (nSPS) is 55.9. The lowest BCUT2D eigenvalue weighted by Gasteiger charge is -2.71. The summed E-state index contributed by atoms with van der Waals surface area (Å²) in [6.45, 7) is 16.6. The van der Waals surface area contributed by atoms with E-state index in [1.165, 1.54) is 12.5 Å². The number of aliphatic hydroxyl groups excluding tert-OH is 10. The summed E-state index contributed by atoms with van der Waals surface area (Å²) in [5, 5.41) is 119. The third-order valence-electron chi connectivity index (χ3n) is 19.6. The van der Waals surface area contributed by atoms with Gasteiger partial charge in [-0.05, 0) is 110 Å². The third-order valence-corrected chi connectivity index (χ3v) is 19.6. The van der Waals surface area contributed by atoms with E-state index in [9.17, 15) is 61.0 Å². The van der Waals surface area contributed by atoms with E-state index in [1.807, 2.05) is 0 Å². The molecule has 0 amide bonds. The van der Waals surface area contributed by atoms with Gasteiger partial charge in [-0.1, -0.05) is 60.1 Å². The van der Waals surface area contributed by atoms with Gasteiger partial charge in [0.2, 0.25) is 0 Å². The molecule has 3 aliphatic heterocycles. The van der Waals surface area contributed by atoms with Crippen LogP contribution in [-0.2, 0) is 33.2 Å². The quantitative estimate of drug-likeness (QED) is 0.112. The smallest absolute Gasteiger partial charge is 0.335 e. The van der Waals surface area contributed by atoms with E-state index in [0.29, 0.717) is 18.8 Å². The van der Waals surface area contributed by atoms with Gasteiger partial charge in [-0.25, -0.2) is 4.79 Å². The number of hydrogen-bond donors (Lipinski definition) is 11. The summed E-state index contributed by atoms with van der Waals surface area (Å²) in [6, 6.07) is 0. The molecular formula is C48H78O18. The zero-order valence-electron chi connectivity index (χ0n) is 39.7. The average molecular weight is 943 g/mol. The van der Waals surface area contributed by atoms with Gasteiger partial charge in [0.25, 0.3) is 0 Å². The van der Waals surface area contributed by atoms with Gasteiger partial charge in [-0.15, -0.1) is 0 Å². The van der Waals surface area contributed by atoms with Crippen LogP contribution in [0.2, 0.25) is 0 Å². The Labute approximate surface area is 387 Å². The minimum atomic E-state index is -2.03. The van der Waals surface area contributed by atoms with Crippen molar-refractivity contribution in [2.45, 2.75) is 218 Å². The minimum absolute atomic E-state index is 0.0348. The Kier molecular flexibility index (Phi) is 13.7. The van der Waals surface area contributed by atoms with Gasteiger partial charge >= 0.3 is 5.97 Å². The van der Waals surface area contributed by atoms with Crippen molar-refractivity contribution in [3.05, 3.63) is 11.6 Å². The lowest BCUT2D eigenvalue weighted by Crippen LogP contribution is -2.68. The molecule has 5 aliphatic carbocycles. The van der Waals surface area contributed by atoms with E-state index in [1.54, 1.807) is 0 Å². The van der Waals surface area contributed by atoms with Gasteiger partial charge in [-0.2, -0.15) is 0 Å². The minimum Gasteiger partial charge on any atom is -0.479 e. The van der Waals surface area contributed by atoms with Crippen LogP contribution in [-0.4, -0.2) is 180 Å². The van der Waals surface area contributed by atoms with Crippen molar-refractivity contribution < 1.29 is 89.4 Å². The summed E-state index contributed by atoms with van der Waals surface area (Å²) < 4.78 is 36.3. The molecule has 0 bridgehead atoms. The SMILES string of the molecule is C[C@@H]1O[C@@H](O[C@H]2[C@H](O[C@H]3[C@H](O[C@H]4CC[C@@]5(C)C(CC[C@]6(C)C5CC=C5[C@@H]7C[C@@](C)(CO)C[C@@H](O)[C@]7(C)CC[C@]56C)C4(C)C)O[C@H](C(=O)O)[C@@H](O)[C@@H]3O)O[C@H](CO)[C@H](O)[C@@H]2O)[C@H](O)[C@H](O)[C@H]1O. The fourth-order valence-electron chi connectivity index (χ4n) is 15.1. The molecule has 4 saturated carbocycles. The lowest BCUT2D eigenvalue weighted by atomic mass is 9.33. The van der Waals surface area contributed by atoms with Crippen molar-refractivity contribution in [3.8, 4) is 0 Å². The Bertz CT molecular complexity index is 1820. The number of allylic oxidation sites excluding steroid dienone is 2. The number of carboxylic acids is 1. The zero-order chi connectivity index (χ0) is 48.4. The molecule has 0 spiro atoms. The van der Waals surface area contributed by atoms with Crippen LogP contribution in [0.15, 0.2) is 11.6 Å². The largest absolute Gasteiger partial charge is 0.479 e. The average Bonchev–Trinajstić information content (AvgIpc) is 3.25. The van der Waals surface area contributed by atoms with Gasteiger partial charge in [-0.3, -0.25) is 0 Å². The summed E-state index contributed by atoms with van der Waals surface area (Å²) in [4.78, 5) is 12.5. The number of ether oxygens (including phenoxy) is 6. The highest BCUT2D eigenvalue weighted by Gasteiger charge is 2.69. The first kappa shape index (κ1) is 50.9. The predicted octanol–water partition coefficient (Wildman–Crippen LogP) is 0.705. The molecule has 7 fully saturated rings. The number of aliphatic carboxylic acids is 1. The second kappa shape index (κ2) is 17.7. The number of carbonyl (C=O) groups is 1. The van der Waals surface area contributed by atoms with Crippen LogP contribution >= 0.6 is 0 Å². The Morgan fingerprint density at radius 1 is 0.667 bits per heavy atom. The number of hydrogen-bond acceptors (Lipinski definition) is 17. The van der Waals surface area contributed by atoms with Crippen molar-refractivity contribution in [3.63, 3.8) is 0 Å². The highest BCUT2D eigenvalue weighted by atomic mass is 16.8. The molecule has 0 radical (unpaired) electrons. The lowest BCUT2D eigenvalue weighted by molar-refractivity contribution is -0.395. The van der Waals surface area contributed by atoms with Crippen LogP contribution in [0.5, 0.6) is 0 Å². The second-order valence-electron chi connectivity index (χ2n) is 23.6. The van der Waals surface area contributed by atoms with E-state index in [0.717, 1.165) is 44.9 Å². The predicted molar refractivity (Wildman–Crippen MR) is 231 cm³/mol. The van der Waals surface area contributed by atoms with Crippen molar-refractivity contribution in [2.24, 2.45) is 50.2 Å². The highest BCUT2D eigenvalue weighted by molar-refractivity contribution is 5.73. The number of fused-ring (bicyclic) bond motifs is 7. The van der Waals surface area contributed by atoms with Crippen molar-refractivity contribution >= 4 is 5.97 Å². The Balaban J connectivity index is 1.06. The van der Waals surface area contributed by atoms with E-state index in [-0.39, 0.29) is 45.5 Å². The second-order valence-corrected chi connectivity index (χ2v) is 23.6. The molecule has 25 atom stereocenters. The summed E-state index contributed by atoms with van der Waals surface area (Å²) in [7, 11) is 0. The summed E-state index contributed by atoms with van der Waals surface area (Å²) >= 11 is 0. The molecule has 3 saturated heterocycles. The molecule has 2 unspecified atom stereocenters. The molecule has 0 aromatic carbocycles. The summed E-state index contributed by atoms with van der Waals surface area (Å²) in [5.74, 6) is -0.975.